The molecule has 0 amide bonds. The van der Waals surface area contributed by atoms with Crippen molar-refractivity contribution < 1.29 is 4.79 Å². The van der Waals surface area contributed by atoms with Crippen molar-refractivity contribution in [3.63, 3.8) is 0 Å². The molecule has 1 aromatic rings. The monoisotopic (exact) mass is 201 g/mol. The zero-order chi connectivity index (χ0) is 10.7. The average Bonchev–Trinajstić information content (AvgIpc) is 2.30. The zero-order valence-corrected chi connectivity index (χ0v) is 8.99. The van der Waals surface area contributed by atoms with Crippen molar-refractivity contribution in [2.75, 3.05) is 0 Å². The van der Waals surface area contributed by atoms with Crippen LogP contribution in [-0.2, 0) is 0 Å². The Labute approximate surface area is 90.0 Å². The summed E-state index contributed by atoms with van der Waals surface area (Å²) in [5, 5.41) is 0. The van der Waals surface area contributed by atoms with Crippen LogP contribution in [0.5, 0.6) is 0 Å². The minimum Gasteiger partial charge on any atom is -0.287 e. The van der Waals surface area contributed by atoms with E-state index < -0.39 is 0 Å². The summed E-state index contributed by atoms with van der Waals surface area (Å²) in [6.07, 6.45) is 8.03. The summed E-state index contributed by atoms with van der Waals surface area (Å²) in [6, 6.07) is 3.80. The normalized spacial score (nSPS) is 15.9. The Morgan fingerprint density at radius 1 is 1.40 bits per heavy atom. The van der Waals surface area contributed by atoms with Crippen molar-refractivity contribution in [1.82, 2.24) is 4.98 Å². The Hall–Kier alpha value is -1.44. The number of pyridine rings is 1. The van der Waals surface area contributed by atoms with E-state index in [0.29, 0.717) is 5.69 Å². The van der Waals surface area contributed by atoms with E-state index in [1.54, 1.807) is 6.20 Å². The molecule has 2 nitrogen and oxygen atoms in total. The van der Waals surface area contributed by atoms with Crippen LogP contribution in [0.15, 0.2) is 30.0 Å². The molecule has 0 saturated heterocycles. The van der Waals surface area contributed by atoms with Crippen LogP contribution in [0.2, 0.25) is 0 Å². The predicted molar refractivity (Wildman–Crippen MR) is 59.9 cm³/mol. The van der Waals surface area contributed by atoms with E-state index in [1.165, 1.54) is 6.42 Å². The number of hydrogen-bond acceptors (Lipinski definition) is 2. The summed E-state index contributed by atoms with van der Waals surface area (Å²) in [4.78, 5) is 16.3. The van der Waals surface area contributed by atoms with Gasteiger partial charge in [-0.1, -0.05) is 12.1 Å². The van der Waals surface area contributed by atoms with E-state index in [1.807, 2.05) is 19.1 Å². The van der Waals surface area contributed by atoms with Gasteiger partial charge in [0.15, 0.2) is 0 Å². The molecule has 2 rings (SSSR count). The molecule has 0 atom stereocenters. The number of allylic oxidation sites excluding steroid dienone is 2. The fraction of sp³-hybridized carbons (Fsp3) is 0.385. The van der Waals surface area contributed by atoms with E-state index in [4.69, 9.17) is 0 Å². The zero-order valence-electron chi connectivity index (χ0n) is 8.99. The summed E-state index contributed by atoms with van der Waals surface area (Å²) in [7, 11) is 0. The largest absolute Gasteiger partial charge is 0.287 e. The van der Waals surface area contributed by atoms with Crippen LogP contribution in [0.25, 0.3) is 0 Å². The smallest absolute Gasteiger partial charge is 0.207 e. The van der Waals surface area contributed by atoms with Crippen molar-refractivity contribution in [2.45, 2.75) is 32.6 Å². The highest BCUT2D eigenvalue weighted by molar-refractivity contribution is 6.08. The molecule has 1 aromatic heterocycles. The molecule has 0 spiro atoms. The van der Waals surface area contributed by atoms with Crippen LogP contribution in [0.4, 0.5) is 0 Å². The Bertz CT molecular complexity index is 407. The lowest BCUT2D eigenvalue weighted by atomic mass is 9.94. The first-order valence-corrected chi connectivity index (χ1v) is 5.44. The molecule has 78 valence electrons. The van der Waals surface area contributed by atoms with Gasteiger partial charge in [0, 0.05) is 6.20 Å². The number of rotatable bonds is 2. The second-order valence-corrected chi connectivity index (χ2v) is 3.97. The highest BCUT2D eigenvalue weighted by Crippen LogP contribution is 2.21. The van der Waals surface area contributed by atoms with Crippen molar-refractivity contribution >= 4 is 5.78 Å². The number of aromatic nitrogens is 1. The first kappa shape index (κ1) is 10.1. The second-order valence-electron chi connectivity index (χ2n) is 3.97. The van der Waals surface area contributed by atoms with Gasteiger partial charge in [-0.05, 0) is 49.8 Å². The molecule has 0 aliphatic heterocycles. The molecule has 1 aliphatic rings. The summed E-state index contributed by atoms with van der Waals surface area (Å²) >= 11 is 0. The maximum atomic E-state index is 12.1. The third kappa shape index (κ3) is 2.14. The second kappa shape index (κ2) is 4.39. The fourth-order valence-corrected chi connectivity index (χ4v) is 1.92. The van der Waals surface area contributed by atoms with Gasteiger partial charge in [-0.3, -0.25) is 9.78 Å². The van der Waals surface area contributed by atoms with Crippen molar-refractivity contribution in [3.8, 4) is 0 Å². The molecule has 1 aliphatic carbocycles. The molecule has 2 heteroatoms. The van der Waals surface area contributed by atoms with E-state index in [9.17, 15) is 4.79 Å². The van der Waals surface area contributed by atoms with Gasteiger partial charge < -0.3 is 0 Å². The van der Waals surface area contributed by atoms with Gasteiger partial charge in [-0.15, -0.1) is 0 Å². The first-order valence-electron chi connectivity index (χ1n) is 5.44. The molecular weight excluding hydrogens is 186 g/mol. The summed E-state index contributed by atoms with van der Waals surface area (Å²) in [6.45, 7) is 1.93. The van der Waals surface area contributed by atoms with Gasteiger partial charge in [0.1, 0.15) is 5.69 Å². The number of hydrogen-bond donors (Lipinski definition) is 0. The molecule has 0 aromatic carbocycles. The highest BCUT2D eigenvalue weighted by Gasteiger charge is 2.16. The number of carbonyl (C=O) groups is 1. The quantitative estimate of drug-likeness (QED) is 0.688. The molecule has 0 N–H and O–H groups in total. The SMILES string of the molecule is Cc1cccnc1C(=O)C1=CCCCC1. The minimum absolute atomic E-state index is 0.118. The van der Waals surface area contributed by atoms with Gasteiger partial charge in [-0.2, -0.15) is 0 Å². The van der Waals surface area contributed by atoms with Crippen molar-refractivity contribution in [3.05, 3.63) is 41.2 Å². The number of carbonyl (C=O) groups excluding carboxylic acids is 1. The Kier molecular flexibility index (Phi) is 2.95. The number of ketones is 1. The lowest BCUT2D eigenvalue weighted by Gasteiger charge is -2.11. The van der Waals surface area contributed by atoms with Crippen LogP contribution in [0, 0.1) is 6.92 Å². The molecule has 0 unspecified atom stereocenters. The van der Waals surface area contributed by atoms with Gasteiger partial charge >= 0.3 is 0 Å². The van der Waals surface area contributed by atoms with Crippen molar-refractivity contribution in [2.24, 2.45) is 0 Å². The standard InChI is InChI=1S/C13H15NO/c1-10-6-5-9-14-12(10)13(15)11-7-3-2-4-8-11/h5-7,9H,2-4,8H2,1H3. The number of Topliss-reactive ketones (excluding diaryl/α,β-unsaturated/α-hetero) is 1. The minimum atomic E-state index is 0.118. The number of aryl methyl sites for hydroxylation is 1. The van der Waals surface area contributed by atoms with Crippen LogP contribution in [-0.4, -0.2) is 10.8 Å². The summed E-state index contributed by atoms with van der Waals surface area (Å²) in [5.41, 5.74) is 2.53. The van der Waals surface area contributed by atoms with E-state index >= 15 is 0 Å². The summed E-state index contributed by atoms with van der Waals surface area (Å²) in [5.74, 6) is 0.118. The molecule has 1 heterocycles. The first-order chi connectivity index (χ1) is 7.29. The summed E-state index contributed by atoms with van der Waals surface area (Å²) < 4.78 is 0. The topological polar surface area (TPSA) is 30.0 Å². The molecule has 0 radical (unpaired) electrons. The molecule has 15 heavy (non-hydrogen) atoms. The van der Waals surface area contributed by atoms with Crippen LogP contribution >= 0.6 is 0 Å². The fourth-order valence-electron chi connectivity index (χ4n) is 1.92. The Morgan fingerprint density at radius 3 is 2.93 bits per heavy atom. The average molecular weight is 201 g/mol. The van der Waals surface area contributed by atoms with Gasteiger partial charge in [0.05, 0.1) is 0 Å². The number of nitrogens with zero attached hydrogens (tertiary/aromatic N) is 1. The van der Waals surface area contributed by atoms with Gasteiger partial charge in [0.25, 0.3) is 0 Å². The van der Waals surface area contributed by atoms with Gasteiger partial charge in [-0.25, -0.2) is 0 Å². The maximum absolute atomic E-state index is 12.1. The van der Waals surface area contributed by atoms with Crippen LogP contribution < -0.4 is 0 Å². The third-order valence-electron chi connectivity index (χ3n) is 2.81. The highest BCUT2D eigenvalue weighted by atomic mass is 16.1. The van der Waals surface area contributed by atoms with Gasteiger partial charge in [0.2, 0.25) is 5.78 Å². The molecular formula is C13H15NO. The maximum Gasteiger partial charge on any atom is 0.207 e. The third-order valence-corrected chi connectivity index (χ3v) is 2.81. The van der Waals surface area contributed by atoms with Crippen LogP contribution in [0.1, 0.15) is 41.7 Å². The molecule has 0 bridgehead atoms. The Balaban J connectivity index is 2.28. The lowest BCUT2D eigenvalue weighted by molar-refractivity contribution is 0.102. The van der Waals surface area contributed by atoms with E-state index in [0.717, 1.165) is 30.4 Å². The predicted octanol–water partition coefficient (Wildman–Crippen LogP) is 3.07. The van der Waals surface area contributed by atoms with E-state index in [2.05, 4.69) is 11.1 Å². The Morgan fingerprint density at radius 2 is 2.27 bits per heavy atom. The molecule has 0 saturated carbocycles. The van der Waals surface area contributed by atoms with Crippen LogP contribution in [0.3, 0.4) is 0 Å². The molecule has 0 fully saturated rings. The van der Waals surface area contributed by atoms with E-state index in [-0.39, 0.29) is 5.78 Å². The lowest BCUT2D eigenvalue weighted by Crippen LogP contribution is -2.09. The van der Waals surface area contributed by atoms with Crippen molar-refractivity contribution in [1.29, 1.82) is 0 Å².